The molecule has 1 unspecified atom stereocenters. The topological polar surface area (TPSA) is 0 Å². The Bertz CT molecular complexity index is 382. The molecule has 0 aliphatic heterocycles. The largest absolute Gasteiger partial charge is 0.242 e. The summed E-state index contributed by atoms with van der Waals surface area (Å²) >= 11 is 0. The highest BCUT2D eigenvalue weighted by atomic mass is 19.2. The maximum Gasteiger partial charge on any atom is 0.159 e. The van der Waals surface area contributed by atoms with Crippen molar-refractivity contribution in [3.05, 3.63) is 41.5 Å². The van der Waals surface area contributed by atoms with Gasteiger partial charge < -0.3 is 0 Å². The minimum absolute atomic E-state index is 0.103. The lowest BCUT2D eigenvalue weighted by molar-refractivity contribution is 0.421. The third-order valence-corrected chi connectivity index (χ3v) is 2.27. The van der Waals surface area contributed by atoms with Crippen molar-refractivity contribution in [1.29, 1.82) is 0 Å². The molecule has 0 nitrogen and oxygen atoms in total. The van der Waals surface area contributed by atoms with Crippen molar-refractivity contribution in [2.45, 2.75) is 12.6 Å². The van der Waals surface area contributed by atoms with E-state index < -0.39 is 17.8 Å². The number of alkyl halides is 1. The summed E-state index contributed by atoms with van der Waals surface area (Å²) in [6, 6.07) is 2.04. The zero-order valence-corrected chi connectivity index (χ0v) is 6.78. The van der Waals surface area contributed by atoms with Crippen LogP contribution in [0.3, 0.4) is 0 Å². The summed E-state index contributed by atoms with van der Waals surface area (Å²) in [6.07, 6.45) is -1.10. The van der Waals surface area contributed by atoms with Crippen molar-refractivity contribution in [2.75, 3.05) is 0 Å². The molecule has 2 rings (SSSR count). The van der Waals surface area contributed by atoms with Gasteiger partial charge in [0.15, 0.2) is 11.6 Å². The number of hydrogen-bond donors (Lipinski definition) is 0. The van der Waals surface area contributed by atoms with E-state index in [0.29, 0.717) is 11.1 Å². The molecule has 0 spiro atoms. The van der Waals surface area contributed by atoms with Crippen molar-refractivity contribution < 1.29 is 13.2 Å². The third kappa shape index (κ3) is 1.15. The van der Waals surface area contributed by atoms with E-state index in [4.69, 9.17) is 0 Å². The number of benzene rings is 1. The van der Waals surface area contributed by atoms with Crippen LogP contribution >= 0.6 is 0 Å². The number of hydrogen-bond acceptors (Lipinski definition) is 0. The number of halogens is 3. The van der Waals surface area contributed by atoms with Crippen molar-refractivity contribution in [3.63, 3.8) is 0 Å². The van der Waals surface area contributed by atoms with E-state index in [-0.39, 0.29) is 12.0 Å². The fourth-order valence-corrected chi connectivity index (χ4v) is 1.54. The molecular weight excluding hydrogens is 177 g/mol. The molecule has 0 bridgehead atoms. The van der Waals surface area contributed by atoms with Crippen LogP contribution in [-0.2, 0) is 6.42 Å². The van der Waals surface area contributed by atoms with Gasteiger partial charge in [-0.05, 0) is 28.8 Å². The van der Waals surface area contributed by atoms with Gasteiger partial charge in [0, 0.05) is 6.42 Å². The molecule has 1 aromatic rings. The Hall–Kier alpha value is -1.25. The Kier molecular flexibility index (Phi) is 1.68. The summed E-state index contributed by atoms with van der Waals surface area (Å²) in [5.74, 6) is -1.88. The van der Waals surface area contributed by atoms with Gasteiger partial charge in [-0.15, -0.1) is 0 Å². The first kappa shape index (κ1) is 8.35. The third-order valence-electron chi connectivity index (χ3n) is 2.27. The van der Waals surface area contributed by atoms with Crippen LogP contribution < -0.4 is 0 Å². The normalized spacial score (nSPS) is 20.5. The van der Waals surface area contributed by atoms with E-state index in [1.165, 1.54) is 0 Å². The standard InChI is InChI=1S/C10H7F3/c1-5-7-4-10(13)9(12)3-6(7)2-8(5)11/h3-4,8H,1-2H2. The van der Waals surface area contributed by atoms with Gasteiger partial charge in [-0.25, -0.2) is 13.2 Å². The van der Waals surface area contributed by atoms with E-state index in [1.807, 2.05) is 0 Å². The summed E-state index contributed by atoms with van der Waals surface area (Å²) in [5, 5.41) is 0. The van der Waals surface area contributed by atoms with Gasteiger partial charge in [-0.2, -0.15) is 0 Å². The molecular formula is C10H7F3. The molecule has 68 valence electrons. The van der Waals surface area contributed by atoms with Crippen molar-refractivity contribution in [3.8, 4) is 0 Å². The molecule has 3 heteroatoms. The minimum Gasteiger partial charge on any atom is -0.242 e. The predicted octanol–water partition coefficient (Wildman–Crippen LogP) is 2.87. The molecule has 0 saturated heterocycles. The maximum absolute atomic E-state index is 13.0. The zero-order valence-electron chi connectivity index (χ0n) is 6.78. The van der Waals surface area contributed by atoms with Crippen molar-refractivity contribution in [1.82, 2.24) is 0 Å². The number of rotatable bonds is 0. The van der Waals surface area contributed by atoms with Gasteiger partial charge in [-0.1, -0.05) is 6.58 Å². The van der Waals surface area contributed by atoms with E-state index in [0.717, 1.165) is 12.1 Å². The molecule has 1 atom stereocenters. The van der Waals surface area contributed by atoms with Crippen LogP contribution in [-0.4, -0.2) is 6.17 Å². The monoisotopic (exact) mass is 184 g/mol. The minimum atomic E-state index is -1.20. The molecule has 0 heterocycles. The van der Waals surface area contributed by atoms with Gasteiger partial charge in [0.1, 0.15) is 6.17 Å². The highest BCUT2D eigenvalue weighted by Gasteiger charge is 2.26. The summed E-state index contributed by atoms with van der Waals surface area (Å²) in [7, 11) is 0. The van der Waals surface area contributed by atoms with E-state index in [9.17, 15) is 13.2 Å². The van der Waals surface area contributed by atoms with E-state index in [1.54, 1.807) is 0 Å². The zero-order chi connectivity index (χ0) is 9.59. The van der Waals surface area contributed by atoms with E-state index in [2.05, 4.69) is 6.58 Å². The summed E-state index contributed by atoms with van der Waals surface area (Å²) in [6.45, 7) is 3.48. The smallest absolute Gasteiger partial charge is 0.159 e. The SMILES string of the molecule is C=C1c2cc(F)c(F)cc2CC1F. The lowest BCUT2D eigenvalue weighted by Gasteiger charge is -2.00. The molecule has 0 N–H and O–H groups in total. The lowest BCUT2D eigenvalue weighted by atomic mass is 10.1. The van der Waals surface area contributed by atoms with Crippen LogP contribution in [0, 0.1) is 11.6 Å². The van der Waals surface area contributed by atoms with Crippen molar-refractivity contribution >= 4 is 5.57 Å². The number of fused-ring (bicyclic) bond motifs is 1. The van der Waals surface area contributed by atoms with Gasteiger partial charge in [-0.3, -0.25) is 0 Å². The first-order valence-electron chi connectivity index (χ1n) is 3.90. The second-order valence-corrected chi connectivity index (χ2v) is 3.12. The van der Waals surface area contributed by atoms with Crippen LogP contribution in [0.2, 0.25) is 0 Å². The molecule has 0 radical (unpaired) electrons. The van der Waals surface area contributed by atoms with Crippen LogP contribution in [0.4, 0.5) is 13.2 Å². The molecule has 13 heavy (non-hydrogen) atoms. The molecule has 0 saturated carbocycles. The quantitative estimate of drug-likeness (QED) is 0.581. The fourth-order valence-electron chi connectivity index (χ4n) is 1.54. The molecule has 1 aromatic carbocycles. The summed E-state index contributed by atoms with van der Waals surface area (Å²) in [5.41, 5.74) is 1.15. The fraction of sp³-hybridized carbons (Fsp3) is 0.200. The number of allylic oxidation sites excluding steroid dienone is 1. The molecule has 1 aliphatic rings. The second kappa shape index (κ2) is 2.62. The highest BCUT2D eigenvalue weighted by Crippen LogP contribution is 2.34. The summed E-state index contributed by atoms with van der Waals surface area (Å²) in [4.78, 5) is 0. The molecule has 0 fully saturated rings. The Morgan fingerprint density at radius 1 is 1.23 bits per heavy atom. The van der Waals surface area contributed by atoms with Gasteiger partial charge in [0.25, 0.3) is 0 Å². The Morgan fingerprint density at radius 3 is 2.54 bits per heavy atom. The Balaban J connectivity index is 2.59. The molecule has 0 aromatic heterocycles. The highest BCUT2D eigenvalue weighted by molar-refractivity contribution is 5.74. The van der Waals surface area contributed by atoms with Crippen LogP contribution in [0.15, 0.2) is 18.7 Å². The average Bonchev–Trinajstić information content (AvgIpc) is 2.32. The van der Waals surface area contributed by atoms with Crippen LogP contribution in [0.5, 0.6) is 0 Å². The average molecular weight is 184 g/mol. The first-order chi connectivity index (χ1) is 6.09. The van der Waals surface area contributed by atoms with Crippen LogP contribution in [0.25, 0.3) is 5.57 Å². The van der Waals surface area contributed by atoms with E-state index >= 15 is 0 Å². The van der Waals surface area contributed by atoms with Gasteiger partial charge in [0.05, 0.1) is 0 Å². The van der Waals surface area contributed by atoms with Crippen molar-refractivity contribution in [2.24, 2.45) is 0 Å². The molecule has 1 aliphatic carbocycles. The Labute approximate surface area is 73.7 Å². The van der Waals surface area contributed by atoms with Crippen LogP contribution in [0.1, 0.15) is 11.1 Å². The second-order valence-electron chi connectivity index (χ2n) is 3.12. The Morgan fingerprint density at radius 2 is 1.85 bits per heavy atom. The summed E-state index contributed by atoms with van der Waals surface area (Å²) < 4.78 is 38.5. The van der Waals surface area contributed by atoms with Gasteiger partial charge in [0.2, 0.25) is 0 Å². The molecule has 0 amide bonds. The maximum atomic E-state index is 13.0. The lowest BCUT2D eigenvalue weighted by Crippen LogP contribution is -1.94. The van der Waals surface area contributed by atoms with Gasteiger partial charge >= 0.3 is 0 Å². The first-order valence-corrected chi connectivity index (χ1v) is 3.90. The predicted molar refractivity (Wildman–Crippen MR) is 44.0 cm³/mol.